The summed E-state index contributed by atoms with van der Waals surface area (Å²) in [6.07, 6.45) is 1.67. The van der Waals surface area contributed by atoms with Crippen LogP contribution in [-0.4, -0.2) is 38.4 Å². The van der Waals surface area contributed by atoms with Gasteiger partial charge in [-0.2, -0.15) is 0 Å². The maximum absolute atomic E-state index is 5.95. The van der Waals surface area contributed by atoms with Crippen LogP contribution in [0.1, 0.15) is 5.56 Å². The molecule has 8 heteroatoms. The van der Waals surface area contributed by atoms with E-state index in [2.05, 4.69) is 15.3 Å². The molecule has 25 heavy (non-hydrogen) atoms. The van der Waals surface area contributed by atoms with Crippen molar-refractivity contribution in [2.24, 2.45) is 10.7 Å². The monoisotopic (exact) mass is 458 g/mol. The number of hydrogen-bond acceptors (Lipinski definition) is 5. The SMILES string of the molecule is COCCOc1ncccc1CN=C(N)Nc1ccccc1OC.I. The van der Waals surface area contributed by atoms with E-state index in [-0.39, 0.29) is 29.9 Å². The van der Waals surface area contributed by atoms with Crippen LogP contribution in [0, 0.1) is 0 Å². The summed E-state index contributed by atoms with van der Waals surface area (Å²) in [5, 5.41) is 3.02. The highest BCUT2D eigenvalue weighted by Crippen LogP contribution is 2.22. The van der Waals surface area contributed by atoms with Crippen molar-refractivity contribution in [1.29, 1.82) is 0 Å². The number of anilines is 1. The maximum Gasteiger partial charge on any atom is 0.218 e. The molecule has 3 N–H and O–H groups in total. The number of nitrogens with one attached hydrogen (secondary N) is 1. The summed E-state index contributed by atoms with van der Waals surface area (Å²) >= 11 is 0. The third-order valence-corrected chi connectivity index (χ3v) is 3.17. The van der Waals surface area contributed by atoms with E-state index < -0.39 is 0 Å². The van der Waals surface area contributed by atoms with Gasteiger partial charge in [0.1, 0.15) is 12.4 Å². The number of methoxy groups -OCH3 is 2. The van der Waals surface area contributed by atoms with Gasteiger partial charge in [0.2, 0.25) is 5.88 Å². The Morgan fingerprint density at radius 3 is 2.72 bits per heavy atom. The number of aliphatic imine (C=N–C) groups is 1. The summed E-state index contributed by atoms with van der Waals surface area (Å²) in [7, 11) is 3.23. The van der Waals surface area contributed by atoms with Gasteiger partial charge in [0.05, 0.1) is 25.9 Å². The molecule has 1 aromatic carbocycles. The van der Waals surface area contributed by atoms with E-state index in [0.717, 1.165) is 11.3 Å². The molecule has 1 aromatic heterocycles. The number of halogens is 1. The Morgan fingerprint density at radius 2 is 1.96 bits per heavy atom. The molecule has 0 bridgehead atoms. The van der Waals surface area contributed by atoms with Crippen LogP contribution < -0.4 is 20.5 Å². The molecular formula is C17H23IN4O3. The second-order valence-electron chi connectivity index (χ2n) is 4.84. The smallest absolute Gasteiger partial charge is 0.218 e. The van der Waals surface area contributed by atoms with Gasteiger partial charge in [-0.1, -0.05) is 18.2 Å². The molecule has 0 radical (unpaired) electrons. The summed E-state index contributed by atoms with van der Waals surface area (Å²) in [5.74, 6) is 1.51. The normalized spacial score (nSPS) is 10.7. The maximum atomic E-state index is 5.95. The predicted octanol–water partition coefficient (Wildman–Crippen LogP) is 2.66. The Hall–Kier alpha value is -2.07. The van der Waals surface area contributed by atoms with Crippen LogP contribution in [0.5, 0.6) is 11.6 Å². The quantitative estimate of drug-likeness (QED) is 0.274. The minimum absolute atomic E-state index is 0. The molecule has 1 heterocycles. The third-order valence-electron chi connectivity index (χ3n) is 3.17. The molecule has 0 fully saturated rings. The topological polar surface area (TPSA) is 91.0 Å². The van der Waals surface area contributed by atoms with Crippen molar-refractivity contribution >= 4 is 35.6 Å². The zero-order valence-corrected chi connectivity index (χ0v) is 16.6. The van der Waals surface area contributed by atoms with Crippen LogP contribution in [0.15, 0.2) is 47.6 Å². The van der Waals surface area contributed by atoms with Gasteiger partial charge in [-0.25, -0.2) is 9.98 Å². The minimum atomic E-state index is 0. The van der Waals surface area contributed by atoms with Crippen molar-refractivity contribution < 1.29 is 14.2 Å². The summed E-state index contributed by atoms with van der Waals surface area (Å²) in [5.41, 5.74) is 7.55. The van der Waals surface area contributed by atoms with E-state index in [9.17, 15) is 0 Å². The van der Waals surface area contributed by atoms with Crippen LogP contribution in [0.3, 0.4) is 0 Å². The minimum Gasteiger partial charge on any atom is -0.495 e. The van der Waals surface area contributed by atoms with E-state index in [4.69, 9.17) is 19.9 Å². The van der Waals surface area contributed by atoms with Gasteiger partial charge >= 0.3 is 0 Å². The standard InChI is InChI=1S/C17H22N4O3.HI/c1-22-10-11-24-16-13(6-5-9-19-16)12-20-17(18)21-14-7-3-4-8-15(14)23-2;/h3-9H,10-12H2,1-2H3,(H3,18,20,21);1H. The van der Waals surface area contributed by atoms with E-state index >= 15 is 0 Å². The van der Waals surface area contributed by atoms with Crippen LogP contribution >= 0.6 is 24.0 Å². The van der Waals surface area contributed by atoms with Gasteiger partial charge in [0.15, 0.2) is 5.96 Å². The first-order valence-corrected chi connectivity index (χ1v) is 7.50. The number of guanidine groups is 1. The molecule has 0 unspecified atom stereocenters. The molecule has 0 saturated carbocycles. The Bertz CT molecular complexity index is 682. The van der Waals surface area contributed by atoms with Crippen LogP contribution in [0.25, 0.3) is 0 Å². The number of hydrogen-bond donors (Lipinski definition) is 2. The lowest BCUT2D eigenvalue weighted by molar-refractivity contribution is 0.143. The Balaban J connectivity index is 0.00000312. The van der Waals surface area contributed by atoms with E-state index in [1.165, 1.54) is 0 Å². The van der Waals surface area contributed by atoms with Crippen LogP contribution in [0.2, 0.25) is 0 Å². The number of para-hydroxylation sites is 2. The molecule has 0 spiro atoms. The number of rotatable bonds is 8. The average molecular weight is 458 g/mol. The Labute approximate surface area is 164 Å². The summed E-state index contributed by atoms with van der Waals surface area (Å²) in [4.78, 5) is 8.54. The highest BCUT2D eigenvalue weighted by Gasteiger charge is 2.06. The summed E-state index contributed by atoms with van der Waals surface area (Å²) < 4.78 is 15.8. The Morgan fingerprint density at radius 1 is 1.16 bits per heavy atom. The average Bonchev–Trinajstić information content (AvgIpc) is 2.61. The third kappa shape index (κ3) is 6.75. The number of ether oxygens (including phenoxy) is 3. The van der Waals surface area contributed by atoms with Crippen molar-refractivity contribution in [2.75, 3.05) is 32.8 Å². The molecule has 0 atom stereocenters. The van der Waals surface area contributed by atoms with Crippen molar-refractivity contribution in [2.45, 2.75) is 6.54 Å². The van der Waals surface area contributed by atoms with Crippen molar-refractivity contribution in [3.05, 3.63) is 48.2 Å². The first-order valence-electron chi connectivity index (χ1n) is 7.50. The molecule has 7 nitrogen and oxygen atoms in total. The van der Waals surface area contributed by atoms with Gasteiger partial charge in [-0.05, 0) is 18.2 Å². The second-order valence-corrected chi connectivity index (χ2v) is 4.84. The van der Waals surface area contributed by atoms with Crippen molar-refractivity contribution in [3.63, 3.8) is 0 Å². The van der Waals surface area contributed by atoms with Crippen molar-refractivity contribution in [1.82, 2.24) is 4.98 Å². The molecular weight excluding hydrogens is 435 g/mol. The molecule has 2 aromatic rings. The predicted molar refractivity (Wildman–Crippen MR) is 109 cm³/mol. The number of nitrogens with two attached hydrogens (primary N) is 1. The lowest BCUT2D eigenvalue weighted by atomic mass is 10.3. The largest absolute Gasteiger partial charge is 0.495 e. The van der Waals surface area contributed by atoms with Gasteiger partial charge in [0.25, 0.3) is 0 Å². The second kappa shape index (κ2) is 11.5. The highest BCUT2D eigenvalue weighted by atomic mass is 127. The van der Waals surface area contributed by atoms with E-state index in [0.29, 0.717) is 31.4 Å². The van der Waals surface area contributed by atoms with Crippen molar-refractivity contribution in [3.8, 4) is 11.6 Å². The highest BCUT2D eigenvalue weighted by molar-refractivity contribution is 14.0. The van der Waals surface area contributed by atoms with E-state index in [1.807, 2.05) is 36.4 Å². The van der Waals surface area contributed by atoms with Gasteiger partial charge in [-0.3, -0.25) is 0 Å². The fourth-order valence-electron chi connectivity index (χ4n) is 1.99. The van der Waals surface area contributed by atoms with Gasteiger partial charge < -0.3 is 25.3 Å². The molecule has 0 aliphatic rings. The fraction of sp³-hybridized carbons (Fsp3) is 0.294. The van der Waals surface area contributed by atoms with Gasteiger partial charge in [0, 0.05) is 18.9 Å². The number of benzene rings is 1. The summed E-state index contributed by atoms with van der Waals surface area (Å²) in [6.45, 7) is 1.28. The van der Waals surface area contributed by atoms with E-state index in [1.54, 1.807) is 20.4 Å². The number of nitrogens with zero attached hydrogens (tertiary/aromatic N) is 2. The van der Waals surface area contributed by atoms with Crippen LogP contribution in [0.4, 0.5) is 5.69 Å². The first kappa shape index (κ1) is 21.0. The number of aromatic nitrogens is 1. The summed E-state index contributed by atoms with van der Waals surface area (Å²) in [6, 6.07) is 11.2. The van der Waals surface area contributed by atoms with Gasteiger partial charge in [-0.15, -0.1) is 24.0 Å². The molecule has 0 aliphatic heterocycles. The first-order chi connectivity index (χ1) is 11.7. The molecule has 0 amide bonds. The fourth-order valence-corrected chi connectivity index (χ4v) is 1.99. The molecule has 0 aliphatic carbocycles. The zero-order chi connectivity index (χ0) is 17.2. The Kier molecular flexibility index (Phi) is 9.63. The lowest BCUT2D eigenvalue weighted by Crippen LogP contribution is -2.23. The van der Waals surface area contributed by atoms with Crippen LogP contribution in [-0.2, 0) is 11.3 Å². The lowest BCUT2D eigenvalue weighted by Gasteiger charge is -2.11. The molecule has 136 valence electrons. The molecule has 0 saturated heterocycles. The number of pyridine rings is 1. The molecule has 2 rings (SSSR count). The zero-order valence-electron chi connectivity index (χ0n) is 14.3.